The first-order valence-corrected chi connectivity index (χ1v) is 7.13. The average molecular weight is 328 g/mol. The highest BCUT2D eigenvalue weighted by molar-refractivity contribution is 9.10. The molecule has 1 N–H and O–H groups in total. The molecule has 0 aromatic heterocycles. The first kappa shape index (κ1) is 14.3. The van der Waals surface area contributed by atoms with Crippen molar-refractivity contribution in [2.45, 2.75) is 25.3 Å². The van der Waals surface area contributed by atoms with Crippen molar-refractivity contribution < 1.29 is 14.3 Å². The first-order valence-electron chi connectivity index (χ1n) is 6.34. The molecule has 1 aliphatic heterocycles. The Balaban J connectivity index is 2.23. The van der Waals surface area contributed by atoms with Gasteiger partial charge in [0.15, 0.2) is 5.78 Å². The summed E-state index contributed by atoms with van der Waals surface area (Å²) in [5, 5.41) is 3.33. The second-order valence-electron chi connectivity index (χ2n) is 4.58. The molecule has 1 aliphatic rings. The average Bonchev–Trinajstić information content (AvgIpc) is 2.91. The number of benzene rings is 1. The lowest BCUT2D eigenvalue weighted by atomic mass is 10.0. The van der Waals surface area contributed by atoms with Crippen LogP contribution in [-0.4, -0.2) is 32.6 Å². The Kier molecular flexibility index (Phi) is 4.82. The van der Waals surface area contributed by atoms with E-state index >= 15 is 0 Å². The van der Waals surface area contributed by atoms with Gasteiger partial charge in [0.2, 0.25) is 0 Å². The zero-order chi connectivity index (χ0) is 13.8. The third-order valence-electron chi connectivity index (χ3n) is 3.38. The zero-order valence-electron chi connectivity index (χ0n) is 11.2. The fourth-order valence-corrected chi connectivity index (χ4v) is 3.05. The molecule has 0 saturated carbocycles. The highest BCUT2D eigenvalue weighted by Crippen LogP contribution is 2.37. The van der Waals surface area contributed by atoms with Crippen molar-refractivity contribution in [2.24, 2.45) is 0 Å². The van der Waals surface area contributed by atoms with Crippen LogP contribution in [0.4, 0.5) is 0 Å². The molecule has 0 amide bonds. The largest absolute Gasteiger partial charge is 0.495 e. The Morgan fingerprint density at radius 1 is 1.42 bits per heavy atom. The van der Waals surface area contributed by atoms with Crippen molar-refractivity contribution in [1.82, 2.24) is 5.32 Å². The summed E-state index contributed by atoms with van der Waals surface area (Å²) >= 11 is 3.42. The van der Waals surface area contributed by atoms with Crippen LogP contribution in [0.1, 0.15) is 29.6 Å². The van der Waals surface area contributed by atoms with Crippen LogP contribution in [0.25, 0.3) is 0 Å². The van der Waals surface area contributed by atoms with Crippen LogP contribution in [-0.2, 0) is 0 Å². The number of carbonyl (C=O) groups is 1. The molecular weight excluding hydrogens is 310 g/mol. The second kappa shape index (κ2) is 6.39. The molecule has 1 aromatic carbocycles. The fraction of sp³-hybridized carbons (Fsp3) is 0.500. The van der Waals surface area contributed by atoms with Gasteiger partial charge < -0.3 is 14.8 Å². The molecule has 0 spiro atoms. The van der Waals surface area contributed by atoms with E-state index < -0.39 is 0 Å². The van der Waals surface area contributed by atoms with Crippen molar-refractivity contribution in [3.63, 3.8) is 0 Å². The van der Waals surface area contributed by atoms with Gasteiger partial charge in [-0.1, -0.05) is 0 Å². The number of Topliss-reactive ketones (excluding diaryl/α,β-unsaturated/α-hetero) is 1. The predicted octanol–water partition coefficient (Wildman–Crippen LogP) is 2.79. The molecule has 1 fully saturated rings. The lowest BCUT2D eigenvalue weighted by Crippen LogP contribution is -2.24. The van der Waals surface area contributed by atoms with E-state index in [0.717, 1.165) is 19.4 Å². The Morgan fingerprint density at radius 3 is 2.79 bits per heavy atom. The molecule has 19 heavy (non-hydrogen) atoms. The van der Waals surface area contributed by atoms with Gasteiger partial charge in [-0.2, -0.15) is 0 Å². The highest BCUT2D eigenvalue weighted by atomic mass is 79.9. The third kappa shape index (κ3) is 3.09. The number of ether oxygens (including phenoxy) is 2. The lowest BCUT2D eigenvalue weighted by Gasteiger charge is -2.14. The maximum Gasteiger partial charge on any atom is 0.168 e. The van der Waals surface area contributed by atoms with Crippen LogP contribution in [0.3, 0.4) is 0 Å². The molecule has 5 heteroatoms. The predicted molar refractivity (Wildman–Crippen MR) is 77.2 cm³/mol. The molecule has 4 nitrogen and oxygen atoms in total. The summed E-state index contributed by atoms with van der Waals surface area (Å²) in [6.07, 6.45) is 2.71. The molecule has 0 aliphatic carbocycles. The monoisotopic (exact) mass is 327 g/mol. The molecule has 2 rings (SSSR count). The van der Waals surface area contributed by atoms with E-state index in [0.29, 0.717) is 28.0 Å². The fourth-order valence-electron chi connectivity index (χ4n) is 2.38. The SMILES string of the molecule is COc1ccc(C(=O)CC2CCCN2)c(OC)c1Br. The smallest absolute Gasteiger partial charge is 0.168 e. The molecule has 1 saturated heterocycles. The van der Waals surface area contributed by atoms with Crippen molar-refractivity contribution in [2.75, 3.05) is 20.8 Å². The number of methoxy groups -OCH3 is 2. The van der Waals surface area contributed by atoms with Crippen LogP contribution < -0.4 is 14.8 Å². The summed E-state index contributed by atoms with van der Waals surface area (Å²) in [5.74, 6) is 1.30. The minimum Gasteiger partial charge on any atom is -0.495 e. The van der Waals surface area contributed by atoms with Gasteiger partial charge in [-0.25, -0.2) is 0 Å². The van der Waals surface area contributed by atoms with Crippen LogP contribution in [0.2, 0.25) is 0 Å². The van der Waals surface area contributed by atoms with E-state index in [-0.39, 0.29) is 11.8 Å². The van der Waals surface area contributed by atoms with E-state index in [9.17, 15) is 4.79 Å². The van der Waals surface area contributed by atoms with E-state index in [1.54, 1.807) is 26.4 Å². The molecular formula is C14H18BrNO3. The minimum atomic E-state index is 0.0969. The van der Waals surface area contributed by atoms with Crippen LogP contribution in [0.15, 0.2) is 16.6 Å². The maximum atomic E-state index is 12.4. The van der Waals surface area contributed by atoms with Gasteiger partial charge in [-0.05, 0) is 47.4 Å². The molecule has 1 heterocycles. The molecule has 1 unspecified atom stereocenters. The Bertz CT molecular complexity index is 470. The second-order valence-corrected chi connectivity index (χ2v) is 5.38. The van der Waals surface area contributed by atoms with Crippen LogP contribution in [0.5, 0.6) is 11.5 Å². The van der Waals surface area contributed by atoms with E-state index in [4.69, 9.17) is 9.47 Å². The summed E-state index contributed by atoms with van der Waals surface area (Å²) in [5.41, 5.74) is 0.601. The summed E-state index contributed by atoms with van der Waals surface area (Å²) < 4.78 is 11.2. The summed E-state index contributed by atoms with van der Waals surface area (Å²) in [4.78, 5) is 12.4. The number of hydrogen-bond donors (Lipinski definition) is 1. The van der Waals surface area contributed by atoms with Crippen LogP contribution in [0, 0.1) is 0 Å². The number of rotatable bonds is 5. The summed E-state index contributed by atoms with van der Waals surface area (Å²) in [6.45, 7) is 1.00. The molecule has 1 atom stereocenters. The molecule has 0 radical (unpaired) electrons. The standard InChI is InChI=1S/C14H18BrNO3/c1-18-12-6-5-10(14(19-2)13(12)15)11(17)8-9-4-3-7-16-9/h5-6,9,16H,3-4,7-8H2,1-2H3. The first-order chi connectivity index (χ1) is 9.17. The van der Waals surface area contributed by atoms with Crippen molar-refractivity contribution in [3.05, 3.63) is 22.2 Å². The zero-order valence-corrected chi connectivity index (χ0v) is 12.7. The molecule has 104 valence electrons. The van der Waals surface area contributed by atoms with Gasteiger partial charge in [0, 0.05) is 12.5 Å². The third-order valence-corrected chi connectivity index (χ3v) is 4.13. The van der Waals surface area contributed by atoms with E-state index in [1.807, 2.05) is 0 Å². The van der Waals surface area contributed by atoms with Crippen LogP contribution >= 0.6 is 15.9 Å². The van der Waals surface area contributed by atoms with E-state index in [2.05, 4.69) is 21.2 Å². The quantitative estimate of drug-likeness (QED) is 0.845. The Hall–Kier alpha value is -1.07. The number of ketones is 1. The van der Waals surface area contributed by atoms with Gasteiger partial charge in [0.25, 0.3) is 0 Å². The normalized spacial score (nSPS) is 18.4. The summed E-state index contributed by atoms with van der Waals surface area (Å²) in [7, 11) is 3.15. The summed E-state index contributed by atoms with van der Waals surface area (Å²) in [6, 6.07) is 3.83. The minimum absolute atomic E-state index is 0.0969. The molecule has 0 bridgehead atoms. The number of carbonyl (C=O) groups excluding carboxylic acids is 1. The van der Waals surface area contributed by atoms with Gasteiger partial charge >= 0.3 is 0 Å². The van der Waals surface area contributed by atoms with Gasteiger partial charge in [-0.15, -0.1) is 0 Å². The van der Waals surface area contributed by atoms with Crippen molar-refractivity contribution >= 4 is 21.7 Å². The topological polar surface area (TPSA) is 47.6 Å². The van der Waals surface area contributed by atoms with Gasteiger partial charge in [-0.3, -0.25) is 4.79 Å². The van der Waals surface area contributed by atoms with E-state index in [1.165, 1.54) is 0 Å². The van der Waals surface area contributed by atoms with Crippen molar-refractivity contribution in [3.8, 4) is 11.5 Å². The van der Waals surface area contributed by atoms with Crippen molar-refractivity contribution in [1.29, 1.82) is 0 Å². The van der Waals surface area contributed by atoms with Gasteiger partial charge in [0.1, 0.15) is 16.0 Å². The number of nitrogens with one attached hydrogen (secondary N) is 1. The lowest BCUT2D eigenvalue weighted by molar-refractivity contribution is 0.0968. The Labute approximate surface area is 121 Å². The maximum absolute atomic E-state index is 12.4. The molecule has 1 aromatic rings. The number of hydrogen-bond acceptors (Lipinski definition) is 4. The van der Waals surface area contributed by atoms with Gasteiger partial charge in [0.05, 0.1) is 19.8 Å². The Morgan fingerprint density at radius 2 is 2.21 bits per heavy atom. The highest BCUT2D eigenvalue weighted by Gasteiger charge is 2.23. The number of halogens is 1.